The van der Waals surface area contributed by atoms with Gasteiger partial charge in [-0.2, -0.15) is 0 Å². The topological polar surface area (TPSA) is 271 Å². The second-order valence-electron chi connectivity index (χ2n) is 24.2. The van der Waals surface area contributed by atoms with Crippen LogP contribution in [-0.4, -0.2) is 149 Å². The molecule has 2 aromatic rings. The molecule has 480 valence electrons. The van der Waals surface area contributed by atoms with Gasteiger partial charge in [-0.3, -0.25) is 33.6 Å². The van der Waals surface area contributed by atoms with Crippen LogP contribution in [0.3, 0.4) is 0 Å². The molecule has 3 aliphatic heterocycles. The predicted octanol–water partition coefficient (Wildman–Crippen LogP) is 9.11. The van der Waals surface area contributed by atoms with E-state index < -0.39 is 119 Å². The number of ketones is 3. The zero-order valence-corrected chi connectivity index (χ0v) is 55.6. The van der Waals surface area contributed by atoms with E-state index in [0.717, 1.165) is 41.4 Å². The summed E-state index contributed by atoms with van der Waals surface area (Å²) in [6, 6.07) is 4.04. The largest absolute Gasteiger partial charge is 0.462 e. The molecule has 2 saturated heterocycles. The summed E-state index contributed by atoms with van der Waals surface area (Å²) in [4.78, 5) is 123. The van der Waals surface area contributed by atoms with Gasteiger partial charge in [-0.05, 0) is 101 Å². The molecule has 10 atom stereocenters. The SMILES string of the molecule is CO[C@@H]1/C=C/C=C(\C)Cc2cc(C)c(Cl)c(c2)N(C)C(=O)C[C@H](OC(=O)[C@H](C)N(C)C(=O)c2ccc(CC(=O)[C@H](CCCNC(N)=O)NC(=O)[C@@H](CC(=O)CCCCCCC(=O)C(CBr)CBr)C(C)C)cc2F)[C@]2(C)O[C@H]2[C@H](C)[C@@H]2C[C@@]1(O)CC(=O)O2. The first-order chi connectivity index (χ1) is 41.0. The second-order valence-corrected chi connectivity index (χ2v) is 25.8. The van der Waals surface area contributed by atoms with E-state index in [-0.39, 0.29) is 80.5 Å². The number of likely N-dealkylation sites (N-methyl/N-ethyl adjacent to an activating group) is 1. The number of anilines is 1. The Labute approximate surface area is 532 Å². The van der Waals surface area contributed by atoms with Crippen LogP contribution in [0.25, 0.3) is 0 Å². The lowest BCUT2D eigenvalue weighted by atomic mass is 9.78. The Bertz CT molecular complexity index is 2910. The molecule has 3 heterocycles. The molecule has 5 N–H and O–H groups in total. The summed E-state index contributed by atoms with van der Waals surface area (Å²) in [6.07, 6.45) is 4.57. The Hall–Kier alpha value is -5.39. The Kier molecular flexibility index (Phi) is 27.4. The predicted molar refractivity (Wildman–Crippen MR) is 335 cm³/mol. The van der Waals surface area contributed by atoms with Crippen LogP contribution in [0.2, 0.25) is 5.02 Å². The number of Topliss-reactive ketones (excluding diaryl/α,β-unsaturated/α-hetero) is 3. The third-order valence-corrected chi connectivity index (χ3v) is 19.1. The number of halogens is 4. The summed E-state index contributed by atoms with van der Waals surface area (Å²) in [7, 11) is 4.27. The van der Waals surface area contributed by atoms with E-state index in [1.165, 1.54) is 38.1 Å². The molecule has 0 unspecified atom stereocenters. The third-order valence-electron chi connectivity index (χ3n) is 17.1. The molecule has 5 rings (SSSR count). The van der Waals surface area contributed by atoms with Gasteiger partial charge in [0.25, 0.3) is 5.91 Å². The highest BCUT2D eigenvalue weighted by molar-refractivity contribution is 9.09. The number of esters is 2. The molecule has 2 aromatic carbocycles. The van der Waals surface area contributed by atoms with Gasteiger partial charge in [-0.1, -0.05) is 113 Å². The van der Waals surface area contributed by atoms with Gasteiger partial charge in [0.2, 0.25) is 11.8 Å². The maximum Gasteiger partial charge on any atom is 0.328 e. The van der Waals surface area contributed by atoms with Gasteiger partial charge in [0.05, 0.1) is 41.3 Å². The smallest absolute Gasteiger partial charge is 0.328 e. The number of amides is 5. The number of ether oxygens (including phenoxy) is 4. The number of allylic oxidation sites excluding steroid dienone is 3. The monoisotopic (exact) mass is 1360 g/mol. The molecular formula is C64H87Br2ClFN5O14. The van der Waals surface area contributed by atoms with E-state index in [1.54, 1.807) is 53.0 Å². The van der Waals surface area contributed by atoms with Crippen molar-refractivity contribution in [2.24, 2.45) is 29.4 Å². The van der Waals surface area contributed by atoms with Gasteiger partial charge in [0, 0.05) is 88.3 Å². The van der Waals surface area contributed by atoms with Crippen molar-refractivity contribution in [1.29, 1.82) is 0 Å². The number of alkyl halides is 2. The summed E-state index contributed by atoms with van der Waals surface area (Å²) in [5, 5.41) is 18.8. The lowest BCUT2D eigenvalue weighted by molar-refractivity contribution is -0.187. The zero-order chi connectivity index (χ0) is 64.7. The molecule has 87 heavy (non-hydrogen) atoms. The Balaban J connectivity index is 1.31. The zero-order valence-electron chi connectivity index (χ0n) is 51.7. The van der Waals surface area contributed by atoms with Crippen LogP contribution in [-0.2, 0) is 65.4 Å². The average molecular weight is 1360 g/mol. The summed E-state index contributed by atoms with van der Waals surface area (Å²) >= 11 is 13.6. The number of epoxide rings is 1. The summed E-state index contributed by atoms with van der Waals surface area (Å²) < 4.78 is 40.3. The lowest BCUT2D eigenvalue weighted by Crippen LogP contribution is -2.53. The molecule has 19 nitrogen and oxygen atoms in total. The fraction of sp³-hybridized carbons (Fsp3) is 0.609. The molecule has 5 amide bonds. The molecule has 0 spiro atoms. The summed E-state index contributed by atoms with van der Waals surface area (Å²) in [5.74, 6) is -6.72. The number of urea groups is 1. The first-order valence-corrected chi connectivity index (χ1v) is 32.4. The number of hydrogen-bond donors (Lipinski definition) is 4. The number of nitrogens with two attached hydrogens (primary N) is 1. The normalized spacial score (nSPS) is 24.4. The Morgan fingerprint density at radius 3 is 2.30 bits per heavy atom. The van der Waals surface area contributed by atoms with Crippen molar-refractivity contribution in [3.8, 4) is 0 Å². The number of benzene rings is 2. The number of unbranched alkanes of at least 4 members (excludes halogenated alkanes) is 3. The maximum atomic E-state index is 16.2. The number of methoxy groups -OCH3 is 1. The van der Waals surface area contributed by atoms with Crippen molar-refractivity contribution in [3.05, 3.63) is 87.2 Å². The molecule has 0 aliphatic carbocycles. The number of primary amides is 1. The number of aryl methyl sites for hydroxylation is 1. The molecule has 3 aliphatic rings. The first-order valence-electron chi connectivity index (χ1n) is 29.8. The fourth-order valence-electron chi connectivity index (χ4n) is 11.3. The second kappa shape index (κ2) is 32.9. The van der Waals surface area contributed by atoms with Gasteiger partial charge < -0.3 is 50.2 Å². The summed E-state index contributed by atoms with van der Waals surface area (Å²) in [6.45, 7) is 12.2. The van der Waals surface area contributed by atoms with Gasteiger partial charge in [-0.15, -0.1) is 0 Å². The van der Waals surface area contributed by atoms with Gasteiger partial charge >= 0.3 is 18.0 Å². The van der Waals surface area contributed by atoms with E-state index in [9.17, 15) is 48.3 Å². The quantitative estimate of drug-likeness (QED) is 0.0281. The van der Waals surface area contributed by atoms with Gasteiger partial charge in [-0.25, -0.2) is 14.0 Å². The van der Waals surface area contributed by atoms with Crippen molar-refractivity contribution < 1.29 is 71.6 Å². The number of nitrogens with one attached hydrogen (secondary N) is 2. The van der Waals surface area contributed by atoms with E-state index in [2.05, 4.69) is 42.5 Å². The van der Waals surface area contributed by atoms with Crippen LogP contribution in [0.5, 0.6) is 0 Å². The molecule has 0 aromatic heterocycles. The number of carbonyl (C=O) groups is 9. The van der Waals surface area contributed by atoms with Crippen molar-refractivity contribution in [2.75, 3.05) is 43.3 Å². The fourth-order valence-corrected chi connectivity index (χ4v) is 13.3. The van der Waals surface area contributed by atoms with Gasteiger partial charge in [0.15, 0.2) is 5.78 Å². The average Bonchev–Trinajstić information content (AvgIpc) is 1.59. The number of fused-ring (bicyclic) bond motifs is 5. The minimum absolute atomic E-state index is 0.0277. The minimum atomic E-state index is -1.67. The molecule has 2 fully saturated rings. The molecule has 23 heteroatoms. The van der Waals surface area contributed by atoms with Crippen molar-refractivity contribution in [3.63, 3.8) is 0 Å². The minimum Gasteiger partial charge on any atom is -0.462 e. The number of aliphatic hydroxyl groups is 1. The van der Waals surface area contributed by atoms with E-state index in [1.807, 2.05) is 26.0 Å². The van der Waals surface area contributed by atoms with E-state index in [0.29, 0.717) is 46.2 Å². The van der Waals surface area contributed by atoms with Crippen LogP contribution >= 0.6 is 43.5 Å². The van der Waals surface area contributed by atoms with Crippen LogP contribution in [0.1, 0.15) is 146 Å². The molecular weight excluding hydrogens is 1280 g/mol. The van der Waals surface area contributed by atoms with Crippen molar-refractivity contribution in [1.82, 2.24) is 15.5 Å². The summed E-state index contributed by atoms with van der Waals surface area (Å²) in [5.41, 5.74) is 4.84. The molecule has 4 bridgehead atoms. The van der Waals surface area contributed by atoms with Crippen LogP contribution < -0.4 is 21.3 Å². The maximum absolute atomic E-state index is 16.2. The number of nitrogens with zero attached hydrogens (tertiary/aromatic N) is 2. The van der Waals surface area contributed by atoms with Gasteiger partial charge in [0.1, 0.15) is 52.9 Å². The number of carbonyl (C=O) groups excluding carboxylic acids is 9. The highest BCUT2D eigenvalue weighted by Crippen LogP contribution is 2.50. The van der Waals surface area contributed by atoms with E-state index in [4.69, 9.17) is 36.3 Å². The lowest BCUT2D eigenvalue weighted by Gasteiger charge is -2.41. The highest BCUT2D eigenvalue weighted by atomic mass is 79.9. The van der Waals surface area contributed by atoms with Crippen LogP contribution in [0, 0.1) is 36.4 Å². The van der Waals surface area contributed by atoms with Crippen LogP contribution in [0.15, 0.2) is 54.1 Å². The standard InChI is InChI=1S/C64H87Br2ClFN5O14/c1-36(2)46(30-44(74)18-13-11-12-14-20-50(75)43(34-65)35-66)59(79)71-48(19-16-24-70-62(69)82)51(76)29-41-22-23-45(47(68)27-41)60(80)72(8)40(6)61(81)86-54-31-55(77)73(9)49-28-42(26-38(4)57(49)67)25-37(3)17-15-21-53(84-10)64(83)32-52(85-56(78)33-64)39(5)58-63(54,7)87-58/h15,17,21-23,26-28,36,39-40,43,46,48,52-54,58,83H,11-14,16,18-20,24-25,29-35H2,1-10H3,(H,71,79)(H3,69,70,82)/b21-15+,37-17+/t39-,40+,46+,48+,52+,53-,54+,58+,63+,64-/m1/s1. The third kappa shape index (κ3) is 19.8. The van der Waals surface area contributed by atoms with E-state index >= 15 is 4.39 Å². The molecule has 0 radical (unpaired) electrons. The van der Waals surface area contributed by atoms with Crippen LogP contribution in [0.4, 0.5) is 14.9 Å². The molecule has 0 saturated carbocycles. The Morgan fingerprint density at radius 2 is 1.67 bits per heavy atom. The van der Waals surface area contributed by atoms with Crippen molar-refractivity contribution in [2.45, 2.75) is 186 Å². The first kappa shape index (κ1) is 72.4. The highest BCUT2D eigenvalue weighted by Gasteiger charge is 2.64. The Morgan fingerprint density at radius 1 is 0.989 bits per heavy atom. The van der Waals surface area contributed by atoms with Crippen molar-refractivity contribution >= 4 is 102 Å². The number of rotatable bonds is 27. The number of hydrogen-bond acceptors (Lipinski definition) is 14.